The topological polar surface area (TPSA) is 148 Å². The number of esters is 4. The van der Waals surface area contributed by atoms with Crippen molar-refractivity contribution in [3.05, 3.63) is 144 Å². The molecule has 0 radical (unpaired) electrons. The van der Waals surface area contributed by atoms with Gasteiger partial charge in [0.25, 0.3) is 3.79 Å². The van der Waals surface area contributed by atoms with Gasteiger partial charge in [-0.3, -0.25) is 5.41 Å². The molecule has 1 saturated heterocycles. The Morgan fingerprint density at radius 1 is 0.540 bits per heavy atom. The summed E-state index contributed by atoms with van der Waals surface area (Å²) in [5.74, 6) is -4.41. The monoisotopic (exact) mass is 739 g/mol. The molecule has 4 aromatic rings. The number of alkyl halides is 3. The summed E-state index contributed by atoms with van der Waals surface area (Å²) in [7, 11) is 0. The Hall–Kier alpha value is -4.94. The zero-order valence-electron chi connectivity index (χ0n) is 25.9. The number of hydrogen-bond acceptors (Lipinski definition) is 11. The molecule has 1 aliphatic rings. The zero-order valence-corrected chi connectivity index (χ0v) is 28.1. The Morgan fingerprint density at radius 3 is 1.30 bits per heavy atom. The van der Waals surface area contributed by atoms with Crippen molar-refractivity contribution >= 4 is 64.6 Å². The highest BCUT2D eigenvalue weighted by Gasteiger charge is 2.55. The largest absolute Gasteiger partial charge is 0.459 e. The lowest BCUT2D eigenvalue weighted by Gasteiger charge is -2.44. The molecule has 5 rings (SSSR count). The van der Waals surface area contributed by atoms with E-state index in [1.807, 2.05) is 0 Å². The van der Waals surface area contributed by atoms with Gasteiger partial charge < -0.3 is 28.4 Å². The summed E-state index contributed by atoms with van der Waals surface area (Å²) in [6.45, 7) is -0.597. The Kier molecular flexibility index (Phi) is 12.1. The van der Waals surface area contributed by atoms with Crippen LogP contribution in [0.1, 0.15) is 41.4 Å². The van der Waals surface area contributed by atoms with Crippen LogP contribution in [0.4, 0.5) is 0 Å². The first-order chi connectivity index (χ1) is 24.0. The number of ether oxygens (including phenoxy) is 6. The first kappa shape index (κ1) is 36.3. The van der Waals surface area contributed by atoms with Crippen LogP contribution in [0, 0.1) is 5.41 Å². The summed E-state index contributed by atoms with van der Waals surface area (Å²) < 4.78 is 32.5. The van der Waals surface area contributed by atoms with Crippen molar-refractivity contribution in [2.45, 2.75) is 34.5 Å². The quantitative estimate of drug-likeness (QED) is 0.0620. The van der Waals surface area contributed by atoms with Gasteiger partial charge in [-0.05, 0) is 48.5 Å². The standard InChI is InChI=1S/C36H28Cl3NO10/c37-36(38,39)35(40)50-34-29(49-33(44)25-19-11-4-12-20-25)28(48-32(43)24-17-9-3-10-18-24)27(47-31(42)23-15-7-2-8-16-23)26(46-34)21-45-30(41)22-13-5-1-6-14-22/h1-20,26-29,34,40H,21H2/t26?,27-,28?,29?,34-/m0/s1. The van der Waals surface area contributed by atoms with Gasteiger partial charge in [-0.25, -0.2) is 19.2 Å². The molecule has 0 spiro atoms. The van der Waals surface area contributed by atoms with Gasteiger partial charge in [0.1, 0.15) is 12.7 Å². The first-order valence-electron chi connectivity index (χ1n) is 15.0. The van der Waals surface area contributed by atoms with E-state index in [1.165, 1.54) is 48.5 Å². The van der Waals surface area contributed by atoms with E-state index in [9.17, 15) is 19.2 Å². The average molecular weight is 741 g/mol. The van der Waals surface area contributed by atoms with Gasteiger partial charge in [0.15, 0.2) is 12.2 Å². The van der Waals surface area contributed by atoms with Crippen LogP contribution in [0.15, 0.2) is 121 Å². The molecule has 50 heavy (non-hydrogen) atoms. The van der Waals surface area contributed by atoms with Gasteiger partial charge in [0, 0.05) is 0 Å². The second-order valence-electron chi connectivity index (χ2n) is 10.7. The summed E-state index contributed by atoms with van der Waals surface area (Å²) in [6, 6.07) is 31.5. The number of carbonyl (C=O) groups is 4. The van der Waals surface area contributed by atoms with Crippen LogP contribution < -0.4 is 0 Å². The lowest BCUT2D eigenvalue weighted by molar-refractivity contribution is -0.279. The number of carbonyl (C=O) groups excluding carboxylic acids is 4. The van der Waals surface area contributed by atoms with Crippen molar-refractivity contribution in [3.8, 4) is 0 Å². The second-order valence-corrected chi connectivity index (χ2v) is 12.9. The summed E-state index contributed by atoms with van der Waals surface area (Å²) >= 11 is 17.8. The number of hydrogen-bond donors (Lipinski definition) is 1. The first-order valence-corrected chi connectivity index (χ1v) is 16.1. The number of halogens is 3. The van der Waals surface area contributed by atoms with E-state index in [-0.39, 0.29) is 22.3 Å². The number of rotatable bonds is 10. The minimum absolute atomic E-state index is 0.0904. The van der Waals surface area contributed by atoms with Gasteiger partial charge in [0.05, 0.1) is 22.3 Å². The Labute approximate surface area is 301 Å². The highest BCUT2D eigenvalue weighted by molar-refractivity contribution is 6.76. The SMILES string of the molecule is N=C(O[C@@H]1OC(COC(=O)c2ccccc2)[C@H](OC(=O)c2ccccc2)C(OC(=O)c2ccccc2)C1OC(=O)c1ccccc1)C(Cl)(Cl)Cl. The molecule has 258 valence electrons. The van der Waals surface area contributed by atoms with Crippen LogP contribution >= 0.6 is 34.8 Å². The third-order valence-corrected chi connectivity index (χ3v) is 7.74. The summed E-state index contributed by atoms with van der Waals surface area (Å²) in [4.78, 5) is 53.5. The lowest BCUT2D eigenvalue weighted by atomic mass is 9.97. The van der Waals surface area contributed by atoms with Crippen LogP contribution in [-0.4, -0.2) is 70.9 Å². The molecule has 1 aliphatic heterocycles. The normalized spacial score (nSPS) is 20.1. The third-order valence-electron chi connectivity index (χ3n) is 7.23. The van der Waals surface area contributed by atoms with Gasteiger partial charge in [0.2, 0.25) is 18.3 Å². The molecule has 0 amide bonds. The molecule has 0 saturated carbocycles. The van der Waals surface area contributed by atoms with Gasteiger partial charge >= 0.3 is 23.9 Å². The van der Waals surface area contributed by atoms with Crippen molar-refractivity contribution in [1.82, 2.24) is 0 Å². The average Bonchev–Trinajstić information content (AvgIpc) is 3.13. The molecular weight excluding hydrogens is 713 g/mol. The van der Waals surface area contributed by atoms with E-state index in [4.69, 9.17) is 68.6 Å². The van der Waals surface area contributed by atoms with Crippen molar-refractivity contribution < 1.29 is 47.6 Å². The number of nitrogens with one attached hydrogen (secondary N) is 1. The molecule has 1 N–H and O–H groups in total. The zero-order chi connectivity index (χ0) is 35.7. The molecule has 0 aliphatic carbocycles. The van der Waals surface area contributed by atoms with Crippen LogP contribution in [0.3, 0.4) is 0 Å². The van der Waals surface area contributed by atoms with E-state index >= 15 is 0 Å². The maximum atomic E-state index is 13.6. The highest BCUT2D eigenvalue weighted by Crippen LogP contribution is 2.35. The highest BCUT2D eigenvalue weighted by atomic mass is 35.6. The van der Waals surface area contributed by atoms with Crippen LogP contribution in [-0.2, 0) is 28.4 Å². The Balaban J connectivity index is 1.58. The maximum absolute atomic E-state index is 13.6. The van der Waals surface area contributed by atoms with Crippen LogP contribution in [0.25, 0.3) is 0 Å². The van der Waals surface area contributed by atoms with Crippen LogP contribution in [0.5, 0.6) is 0 Å². The second kappa shape index (κ2) is 16.6. The third kappa shape index (κ3) is 9.39. The fourth-order valence-corrected chi connectivity index (χ4v) is 4.94. The van der Waals surface area contributed by atoms with Crippen molar-refractivity contribution in [3.63, 3.8) is 0 Å². The Morgan fingerprint density at radius 2 is 0.900 bits per heavy atom. The lowest BCUT2D eigenvalue weighted by Crippen LogP contribution is -2.63. The van der Waals surface area contributed by atoms with E-state index in [1.54, 1.807) is 72.8 Å². The van der Waals surface area contributed by atoms with E-state index in [0.29, 0.717) is 0 Å². The van der Waals surface area contributed by atoms with Gasteiger partial charge in [-0.1, -0.05) is 108 Å². The van der Waals surface area contributed by atoms with E-state index < -0.39 is 70.9 Å². The van der Waals surface area contributed by atoms with E-state index in [2.05, 4.69) is 0 Å². The predicted molar refractivity (Wildman–Crippen MR) is 181 cm³/mol. The molecule has 14 heteroatoms. The molecular formula is C36H28Cl3NO10. The molecule has 0 bridgehead atoms. The molecule has 4 aromatic carbocycles. The minimum atomic E-state index is -2.40. The summed E-state index contributed by atoms with van der Waals surface area (Å²) in [6.07, 6.45) is -8.34. The van der Waals surface area contributed by atoms with Gasteiger partial charge in [-0.2, -0.15) is 0 Å². The van der Waals surface area contributed by atoms with Crippen molar-refractivity contribution in [1.29, 1.82) is 5.41 Å². The summed E-state index contributed by atoms with van der Waals surface area (Å²) in [5, 5.41) is 8.26. The fraction of sp³-hybridized carbons (Fsp3) is 0.194. The molecule has 11 nitrogen and oxygen atoms in total. The molecule has 5 atom stereocenters. The molecule has 1 heterocycles. The summed E-state index contributed by atoms with van der Waals surface area (Å²) in [5.41, 5.74) is 0.509. The fourth-order valence-electron chi connectivity index (χ4n) is 4.81. The predicted octanol–water partition coefficient (Wildman–Crippen LogP) is 6.61. The van der Waals surface area contributed by atoms with E-state index in [0.717, 1.165) is 0 Å². The van der Waals surface area contributed by atoms with Gasteiger partial charge in [-0.15, -0.1) is 0 Å². The molecule has 0 aromatic heterocycles. The molecule has 1 fully saturated rings. The molecule has 3 unspecified atom stereocenters. The number of benzene rings is 4. The Bertz CT molecular complexity index is 1790. The van der Waals surface area contributed by atoms with Crippen molar-refractivity contribution in [2.75, 3.05) is 6.61 Å². The van der Waals surface area contributed by atoms with Crippen molar-refractivity contribution in [2.24, 2.45) is 0 Å². The maximum Gasteiger partial charge on any atom is 0.338 e. The minimum Gasteiger partial charge on any atom is -0.459 e. The smallest absolute Gasteiger partial charge is 0.338 e. The van der Waals surface area contributed by atoms with Crippen LogP contribution in [0.2, 0.25) is 0 Å².